The normalized spacial score (nSPS) is 14.6. The predicted molar refractivity (Wildman–Crippen MR) is 63.9 cm³/mol. The molecule has 1 amide bonds. The number of carbonyl (C=O) groups is 1. The van der Waals surface area contributed by atoms with Crippen LogP contribution in [0, 0.1) is 5.92 Å². The van der Waals surface area contributed by atoms with E-state index in [-0.39, 0.29) is 5.91 Å². The van der Waals surface area contributed by atoms with Crippen molar-refractivity contribution in [1.82, 2.24) is 10.3 Å². The molecule has 1 aromatic heterocycles. The molecule has 5 heteroatoms. The summed E-state index contributed by atoms with van der Waals surface area (Å²) in [6.45, 7) is 0.742. The number of hydrogen-bond acceptors (Lipinski definition) is 3. The minimum atomic E-state index is -0.129. The fourth-order valence-electron chi connectivity index (χ4n) is 1.40. The lowest BCUT2D eigenvalue weighted by molar-refractivity contribution is 0.0952. The SMILES string of the molecule is CNc1cc(C(=O)NCC2CC2)c(Cl)cn1. The van der Waals surface area contributed by atoms with Crippen molar-refractivity contribution in [2.24, 2.45) is 5.92 Å². The Morgan fingerprint density at radius 1 is 1.62 bits per heavy atom. The van der Waals surface area contributed by atoms with E-state index < -0.39 is 0 Å². The summed E-state index contributed by atoms with van der Waals surface area (Å²) in [5, 5.41) is 6.13. The Kier molecular flexibility index (Phi) is 3.29. The van der Waals surface area contributed by atoms with E-state index in [0.717, 1.165) is 6.54 Å². The highest BCUT2D eigenvalue weighted by Gasteiger charge is 2.22. The van der Waals surface area contributed by atoms with Crippen LogP contribution < -0.4 is 10.6 Å². The molecular formula is C11H14ClN3O. The average molecular weight is 240 g/mol. The Balaban J connectivity index is 2.07. The highest BCUT2D eigenvalue weighted by molar-refractivity contribution is 6.33. The summed E-state index contributed by atoms with van der Waals surface area (Å²) in [4.78, 5) is 15.8. The number of carbonyl (C=O) groups excluding carboxylic acids is 1. The van der Waals surface area contributed by atoms with E-state index in [1.807, 2.05) is 0 Å². The molecule has 1 aromatic rings. The third-order valence-corrected chi connectivity index (χ3v) is 2.91. The first kappa shape index (κ1) is 11.2. The molecule has 1 aliphatic rings. The number of hydrogen-bond donors (Lipinski definition) is 2. The molecule has 1 heterocycles. The quantitative estimate of drug-likeness (QED) is 0.844. The maximum atomic E-state index is 11.8. The molecular weight excluding hydrogens is 226 g/mol. The van der Waals surface area contributed by atoms with Crippen LogP contribution in [-0.2, 0) is 0 Å². The van der Waals surface area contributed by atoms with E-state index in [2.05, 4.69) is 15.6 Å². The van der Waals surface area contributed by atoms with Crippen LogP contribution in [0.5, 0.6) is 0 Å². The third kappa shape index (κ3) is 2.64. The van der Waals surface area contributed by atoms with Gasteiger partial charge in [-0.25, -0.2) is 4.98 Å². The van der Waals surface area contributed by atoms with Crippen LogP contribution >= 0.6 is 11.6 Å². The van der Waals surface area contributed by atoms with Crippen LogP contribution in [0.25, 0.3) is 0 Å². The van der Waals surface area contributed by atoms with E-state index in [1.165, 1.54) is 19.0 Å². The number of anilines is 1. The van der Waals surface area contributed by atoms with Crippen LogP contribution in [0.3, 0.4) is 0 Å². The summed E-state index contributed by atoms with van der Waals surface area (Å²) in [6.07, 6.45) is 3.91. The predicted octanol–water partition coefficient (Wildman–Crippen LogP) is 1.92. The molecule has 0 unspecified atom stereocenters. The van der Waals surface area contributed by atoms with Gasteiger partial charge in [-0.3, -0.25) is 4.79 Å². The number of rotatable bonds is 4. The molecule has 1 aliphatic carbocycles. The first-order valence-corrected chi connectivity index (χ1v) is 5.70. The van der Waals surface area contributed by atoms with Gasteiger partial charge in [-0.2, -0.15) is 0 Å². The zero-order chi connectivity index (χ0) is 11.5. The van der Waals surface area contributed by atoms with Crippen LogP contribution in [0.4, 0.5) is 5.82 Å². The Bertz CT molecular complexity index is 404. The zero-order valence-electron chi connectivity index (χ0n) is 9.09. The maximum Gasteiger partial charge on any atom is 0.252 e. The van der Waals surface area contributed by atoms with Crippen LogP contribution in [-0.4, -0.2) is 24.5 Å². The van der Waals surface area contributed by atoms with Gasteiger partial charge in [0.1, 0.15) is 5.82 Å². The van der Waals surface area contributed by atoms with Crippen molar-refractivity contribution in [3.63, 3.8) is 0 Å². The lowest BCUT2D eigenvalue weighted by Gasteiger charge is -2.07. The molecule has 4 nitrogen and oxygen atoms in total. The molecule has 0 bridgehead atoms. The lowest BCUT2D eigenvalue weighted by atomic mass is 10.2. The number of pyridine rings is 1. The molecule has 0 aliphatic heterocycles. The van der Waals surface area contributed by atoms with Gasteiger partial charge < -0.3 is 10.6 Å². The Morgan fingerprint density at radius 3 is 3.00 bits per heavy atom. The number of nitrogens with one attached hydrogen (secondary N) is 2. The average Bonchev–Trinajstić information content (AvgIpc) is 3.10. The van der Waals surface area contributed by atoms with Crippen LogP contribution in [0.2, 0.25) is 5.02 Å². The van der Waals surface area contributed by atoms with Gasteiger partial charge in [0.25, 0.3) is 5.91 Å². The van der Waals surface area contributed by atoms with Crippen molar-refractivity contribution in [3.05, 3.63) is 22.8 Å². The monoisotopic (exact) mass is 239 g/mol. The summed E-state index contributed by atoms with van der Waals surface area (Å²) in [5.41, 5.74) is 0.474. The standard InChI is InChI=1S/C11H14ClN3O/c1-13-10-4-8(9(12)6-14-10)11(16)15-5-7-2-3-7/h4,6-7H,2-3,5H2,1H3,(H,13,14)(H,15,16). The number of halogens is 1. The first-order valence-electron chi connectivity index (χ1n) is 5.32. The Labute approximate surface area is 99.4 Å². The zero-order valence-corrected chi connectivity index (χ0v) is 9.84. The second-order valence-corrected chi connectivity index (χ2v) is 4.36. The van der Waals surface area contributed by atoms with Gasteiger partial charge in [-0.05, 0) is 24.8 Å². The summed E-state index contributed by atoms with van der Waals surface area (Å²) in [5.74, 6) is 1.17. The molecule has 0 saturated heterocycles. The first-order chi connectivity index (χ1) is 7.70. The number of aromatic nitrogens is 1. The van der Waals surface area contributed by atoms with Gasteiger partial charge in [0.15, 0.2) is 0 Å². The fraction of sp³-hybridized carbons (Fsp3) is 0.455. The molecule has 86 valence electrons. The Hall–Kier alpha value is -1.29. The highest BCUT2D eigenvalue weighted by atomic mass is 35.5. The van der Waals surface area contributed by atoms with E-state index >= 15 is 0 Å². The molecule has 1 saturated carbocycles. The van der Waals surface area contributed by atoms with E-state index in [0.29, 0.717) is 22.3 Å². The van der Waals surface area contributed by atoms with Crippen molar-refractivity contribution in [1.29, 1.82) is 0 Å². The van der Waals surface area contributed by atoms with E-state index in [9.17, 15) is 4.79 Å². The topological polar surface area (TPSA) is 54.0 Å². The van der Waals surface area contributed by atoms with E-state index in [1.54, 1.807) is 13.1 Å². The summed E-state index contributed by atoms with van der Waals surface area (Å²) >= 11 is 5.93. The third-order valence-electron chi connectivity index (χ3n) is 2.60. The maximum absolute atomic E-state index is 11.8. The summed E-state index contributed by atoms with van der Waals surface area (Å²) in [7, 11) is 1.75. The minimum Gasteiger partial charge on any atom is -0.373 e. The lowest BCUT2D eigenvalue weighted by Crippen LogP contribution is -2.26. The molecule has 0 atom stereocenters. The van der Waals surface area contributed by atoms with E-state index in [4.69, 9.17) is 11.6 Å². The number of amides is 1. The molecule has 1 fully saturated rings. The fourth-order valence-corrected chi connectivity index (χ4v) is 1.59. The van der Waals surface area contributed by atoms with Gasteiger partial charge >= 0.3 is 0 Å². The molecule has 2 N–H and O–H groups in total. The second-order valence-electron chi connectivity index (χ2n) is 3.95. The summed E-state index contributed by atoms with van der Waals surface area (Å²) < 4.78 is 0. The molecule has 0 aromatic carbocycles. The summed E-state index contributed by atoms with van der Waals surface area (Å²) in [6, 6.07) is 1.66. The van der Waals surface area contributed by atoms with Gasteiger partial charge in [0.2, 0.25) is 0 Å². The van der Waals surface area contributed by atoms with Crippen molar-refractivity contribution in [3.8, 4) is 0 Å². The van der Waals surface area contributed by atoms with Gasteiger partial charge in [0, 0.05) is 19.8 Å². The second kappa shape index (κ2) is 4.70. The Morgan fingerprint density at radius 2 is 2.38 bits per heavy atom. The van der Waals surface area contributed by atoms with Crippen molar-refractivity contribution in [2.45, 2.75) is 12.8 Å². The van der Waals surface area contributed by atoms with Crippen LogP contribution in [0.1, 0.15) is 23.2 Å². The molecule has 16 heavy (non-hydrogen) atoms. The van der Waals surface area contributed by atoms with Crippen molar-refractivity contribution >= 4 is 23.3 Å². The van der Waals surface area contributed by atoms with Crippen LogP contribution in [0.15, 0.2) is 12.3 Å². The minimum absolute atomic E-state index is 0.129. The molecule has 0 spiro atoms. The van der Waals surface area contributed by atoms with Gasteiger partial charge in [0.05, 0.1) is 10.6 Å². The highest BCUT2D eigenvalue weighted by Crippen LogP contribution is 2.27. The largest absolute Gasteiger partial charge is 0.373 e. The van der Waals surface area contributed by atoms with Gasteiger partial charge in [-0.1, -0.05) is 11.6 Å². The van der Waals surface area contributed by atoms with Crippen molar-refractivity contribution in [2.75, 3.05) is 18.9 Å². The molecule has 0 radical (unpaired) electrons. The molecule has 2 rings (SSSR count). The van der Waals surface area contributed by atoms with Gasteiger partial charge in [-0.15, -0.1) is 0 Å². The number of nitrogens with zero attached hydrogens (tertiary/aromatic N) is 1. The smallest absolute Gasteiger partial charge is 0.252 e. The van der Waals surface area contributed by atoms with Crippen molar-refractivity contribution < 1.29 is 4.79 Å².